The highest BCUT2D eigenvalue weighted by molar-refractivity contribution is 7.13. The third kappa shape index (κ3) is 5.18. The SMILES string of the molecule is Cl.O=C(NCc1csc(-c2ccc(C(F)(F)F)cc2)n1)C1CCCCN1. The Morgan fingerprint density at radius 1 is 1.27 bits per heavy atom. The van der Waals surface area contributed by atoms with Gasteiger partial charge in [0.05, 0.1) is 23.8 Å². The van der Waals surface area contributed by atoms with Crippen LogP contribution in [0.5, 0.6) is 0 Å². The van der Waals surface area contributed by atoms with Crippen molar-refractivity contribution in [3.05, 3.63) is 40.9 Å². The Balaban J connectivity index is 0.00000243. The zero-order chi connectivity index (χ0) is 17.9. The fourth-order valence-electron chi connectivity index (χ4n) is 2.70. The first kappa shape index (κ1) is 20.7. The fourth-order valence-corrected chi connectivity index (χ4v) is 3.52. The van der Waals surface area contributed by atoms with E-state index in [2.05, 4.69) is 15.6 Å². The maximum atomic E-state index is 12.6. The molecule has 2 aromatic rings. The van der Waals surface area contributed by atoms with Crippen molar-refractivity contribution in [3.63, 3.8) is 0 Å². The van der Waals surface area contributed by atoms with Crippen LogP contribution < -0.4 is 10.6 Å². The van der Waals surface area contributed by atoms with Crippen molar-refractivity contribution in [2.75, 3.05) is 6.54 Å². The van der Waals surface area contributed by atoms with Crippen LogP contribution in [-0.2, 0) is 17.5 Å². The molecule has 0 radical (unpaired) electrons. The summed E-state index contributed by atoms with van der Waals surface area (Å²) in [5.41, 5.74) is 0.647. The van der Waals surface area contributed by atoms with Crippen LogP contribution in [0.1, 0.15) is 30.5 Å². The molecular weight excluding hydrogens is 387 g/mol. The van der Waals surface area contributed by atoms with Crippen LogP contribution in [0, 0.1) is 0 Å². The van der Waals surface area contributed by atoms with Gasteiger partial charge in [0.25, 0.3) is 0 Å². The molecule has 0 saturated carbocycles. The van der Waals surface area contributed by atoms with E-state index in [0.29, 0.717) is 22.8 Å². The molecule has 1 amide bonds. The van der Waals surface area contributed by atoms with Crippen molar-refractivity contribution in [1.29, 1.82) is 0 Å². The minimum absolute atomic E-state index is 0. The lowest BCUT2D eigenvalue weighted by Crippen LogP contribution is -2.46. The van der Waals surface area contributed by atoms with Crippen molar-refractivity contribution in [2.24, 2.45) is 0 Å². The molecular formula is C17H19ClF3N3OS. The number of carbonyl (C=O) groups excluding carboxylic acids is 1. The Hall–Kier alpha value is -1.64. The van der Waals surface area contributed by atoms with E-state index in [0.717, 1.165) is 37.9 Å². The van der Waals surface area contributed by atoms with Crippen molar-refractivity contribution in [3.8, 4) is 10.6 Å². The van der Waals surface area contributed by atoms with Gasteiger partial charge >= 0.3 is 6.18 Å². The summed E-state index contributed by atoms with van der Waals surface area (Å²) in [7, 11) is 0. The second-order valence-corrected chi connectivity index (χ2v) is 6.80. The van der Waals surface area contributed by atoms with Gasteiger partial charge < -0.3 is 10.6 Å². The molecule has 1 aliphatic heterocycles. The molecule has 3 rings (SSSR count). The minimum atomic E-state index is -4.34. The summed E-state index contributed by atoms with van der Waals surface area (Å²) >= 11 is 1.34. The minimum Gasteiger partial charge on any atom is -0.349 e. The van der Waals surface area contributed by atoms with Crippen LogP contribution in [0.2, 0.25) is 0 Å². The molecule has 1 atom stereocenters. The molecule has 1 aromatic carbocycles. The molecule has 0 bridgehead atoms. The van der Waals surface area contributed by atoms with E-state index in [4.69, 9.17) is 0 Å². The van der Waals surface area contributed by atoms with Gasteiger partial charge in [0.2, 0.25) is 5.91 Å². The quantitative estimate of drug-likeness (QED) is 0.808. The van der Waals surface area contributed by atoms with E-state index in [1.54, 1.807) is 0 Å². The Labute approximate surface area is 159 Å². The number of piperidine rings is 1. The van der Waals surface area contributed by atoms with E-state index >= 15 is 0 Å². The second-order valence-electron chi connectivity index (χ2n) is 5.94. The topological polar surface area (TPSA) is 54.0 Å². The van der Waals surface area contributed by atoms with Crippen LogP contribution >= 0.6 is 23.7 Å². The lowest BCUT2D eigenvalue weighted by atomic mass is 10.0. The van der Waals surface area contributed by atoms with E-state index in [9.17, 15) is 18.0 Å². The smallest absolute Gasteiger partial charge is 0.349 e. The molecule has 9 heteroatoms. The predicted octanol–water partition coefficient (Wildman–Crippen LogP) is 4.01. The molecule has 4 nitrogen and oxygen atoms in total. The number of hydrogen-bond donors (Lipinski definition) is 2. The molecule has 0 aliphatic carbocycles. The zero-order valence-corrected chi connectivity index (χ0v) is 15.4. The Morgan fingerprint density at radius 2 is 2.00 bits per heavy atom. The third-order valence-electron chi connectivity index (χ3n) is 4.08. The number of alkyl halides is 3. The van der Waals surface area contributed by atoms with Gasteiger partial charge in [0, 0.05) is 10.9 Å². The third-order valence-corrected chi connectivity index (χ3v) is 5.02. The van der Waals surface area contributed by atoms with Crippen molar-refractivity contribution >= 4 is 29.7 Å². The van der Waals surface area contributed by atoms with E-state index in [-0.39, 0.29) is 24.4 Å². The van der Waals surface area contributed by atoms with Gasteiger partial charge in [-0.2, -0.15) is 13.2 Å². The first-order valence-corrected chi connectivity index (χ1v) is 8.94. The number of nitrogens with one attached hydrogen (secondary N) is 2. The van der Waals surface area contributed by atoms with Gasteiger partial charge in [-0.1, -0.05) is 18.6 Å². The van der Waals surface area contributed by atoms with E-state index < -0.39 is 11.7 Å². The number of aromatic nitrogens is 1. The normalized spacial score (nSPS) is 17.4. The highest BCUT2D eigenvalue weighted by Crippen LogP contribution is 2.31. The summed E-state index contributed by atoms with van der Waals surface area (Å²) < 4.78 is 37.8. The van der Waals surface area contributed by atoms with E-state index in [1.807, 2.05) is 5.38 Å². The number of hydrogen-bond acceptors (Lipinski definition) is 4. The van der Waals surface area contributed by atoms with Gasteiger partial charge in [0.1, 0.15) is 5.01 Å². The Morgan fingerprint density at radius 3 is 2.62 bits per heavy atom. The van der Waals surface area contributed by atoms with Crippen LogP contribution in [0.3, 0.4) is 0 Å². The maximum absolute atomic E-state index is 12.6. The zero-order valence-electron chi connectivity index (χ0n) is 13.8. The molecule has 1 fully saturated rings. The van der Waals surface area contributed by atoms with Gasteiger partial charge in [-0.15, -0.1) is 23.7 Å². The summed E-state index contributed by atoms with van der Waals surface area (Å²) in [6.45, 7) is 1.17. The van der Waals surface area contributed by atoms with Crippen LogP contribution in [-0.4, -0.2) is 23.5 Å². The van der Waals surface area contributed by atoms with Crippen molar-refractivity contribution in [1.82, 2.24) is 15.6 Å². The molecule has 26 heavy (non-hydrogen) atoms. The number of halogens is 4. The predicted molar refractivity (Wildman–Crippen MR) is 97.3 cm³/mol. The largest absolute Gasteiger partial charge is 0.416 e. The summed E-state index contributed by atoms with van der Waals surface area (Å²) in [6, 6.07) is 4.77. The van der Waals surface area contributed by atoms with Gasteiger partial charge in [-0.3, -0.25) is 4.79 Å². The monoisotopic (exact) mass is 405 g/mol. The Kier molecular flexibility index (Phi) is 7.02. The van der Waals surface area contributed by atoms with Crippen LogP contribution in [0.15, 0.2) is 29.6 Å². The van der Waals surface area contributed by atoms with Crippen LogP contribution in [0.4, 0.5) is 13.2 Å². The average Bonchev–Trinajstić information content (AvgIpc) is 3.09. The van der Waals surface area contributed by atoms with Crippen LogP contribution in [0.25, 0.3) is 10.6 Å². The highest BCUT2D eigenvalue weighted by atomic mass is 35.5. The number of nitrogens with zero attached hydrogens (tertiary/aromatic N) is 1. The summed E-state index contributed by atoms with van der Waals surface area (Å²) in [5.74, 6) is -0.0382. The average molecular weight is 406 g/mol. The maximum Gasteiger partial charge on any atom is 0.416 e. The second kappa shape index (κ2) is 8.83. The summed E-state index contributed by atoms with van der Waals surface area (Å²) in [6.07, 6.45) is -1.38. The molecule has 2 heterocycles. The lowest BCUT2D eigenvalue weighted by molar-refractivity contribution is -0.137. The van der Waals surface area contributed by atoms with Gasteiger partial charge in [-0.05, 0) is 31.5 Å². The molecule has 142 valence electrons. The fraction of sp³-hybridized carbons (Fsp3) is 0.412. The number of thiazole rings is 1. The molecule has 0 spiro atoms. The summed E-state index contributed by atoms with van der Waals surface area (Å²) in [4.78, 5) is 16.5. The lowest BCUT2D eigenvalue weighted by Gasteiger charge is -2.22. The van der Waals surface area contributed by atoms with Crippen molar-refractivity contribution in [2.45, 2.75) is 38.0 Å². The Bertz CT molecular complexity index is 728. The molecule has 1 unspecified atom stereocenters. The number of benzene rings is 1. The first-order valence-electron chi connectivity index (χ1n) is 8.06. The first-order chi connectivity index (χ1) is 11.9. The molecule has 2 N–H and O–H groups in total. The molecule has 1 aliphatic rings. The number of carbonyl (C=O) groups is 1. The van der Waals surface area contributed by atoms with Gasteiger partial charge in [-0.25, -0.2) is 4.98 Å². The van der Waals surface area contributed by atoms with E-state index in [1.165, 1.54) is 23.5 Å². The highest BCUT2D eigenvalue weighted by Gasteiger charge is 2.30. The van der Waals surface area contributed by atoms with Crippen molar-refractivity contribution < 1.29 is 18.0 Å². The number of rotatable bonds is 4. The number of amides is 1. The molecule has 1 aromatic heterocycles. The summed E-state index contributed by atoms with van der Waals surface area (Å²) in [5, 5.41) is 8.48. The molecule has 1 saturated heterocycles. The standard InChI is InChI=1S/C17H18F3N3OS.ClH/c18-17(19,20)12-6-4-11(5-7-12)16-23-13(10-25-16)9-22-15(24)14-3-1-2-8-21-14;/h4-7,10,14,21H,1-3,8-9H2,(H,22,24);1H. The van der Waals surface area contributed by atoms with Gasteiger partial charge in [0.15, 0.2) is 0 Å².